The number of ether oxygens (including phenoxy) is 1. The first-order valence-electron chi connectivity index (χ1n) is 7.50. The molecular weight excluding hydrogens is 284 g/mol. The van der Waals surface area contributed by atoms with Gasteiger partial charge in [-0.2, -0.15) is 0 Å². The molecule has 0 saturated carbocycles. The third-order valence-corrected chi connectivity index (χ3v) is 8.87. The van der Waals surface area contributed by atoms with Crippen molar-refractivity contribution < 1.29 is 19.1 Å². The molecule has 0 aliphatic heterocycles. The Morgan fingerprint density at radius 3 is 2.24 bits per heavy atom. The average molecular weight is 317 g/mol. The first-order chi connectivity index (χ1) is 9.42. The van der Waals surface area contributed by atoms with Gasteiger partial charge < -0.3 is 14.3 Å². The number of hydrogen-bond acceptors (Lipinski definition) is 4. The average Bonchev–Trinajstić information content (AvgIpc) is 2.39. The van der Waals surface area contributed by atoms with Crippen molar-refractivity contribution in [1.29, 1.82) is 0 Å². The molecule has 0 amide bonds. The molecule has 0 aromatic rings. The summed E-state index contributed by atoms with van der Waals surface area (Å²) in [5, 5.41) is 10.5. The lowest BCUT2D eigenvalue weighted by Gasteiger charge is -2.37. The summed E-state index contributed by atoms with van der Waals surface area (Å²) in [5.74, 6) is -0.516. The summed E-state index contributed by atoms with van der Waals surface area (Å²) in [4.78, 5) is 11.1. The quantitative estimate of drug-likeness (QED) is 0.444. The number of hydrogen-bond donors (Lipinski definition) is 1. The Bertz CT molecular complexity index is 358. The van der Waals surface area contributed by atoms with Gasteiger partial charge in [-0.25, -0.2) is 4.79 Å². The Morgan fingerprint density at radius 2 is 1.81 bits per heavy atom. The van der Waals surface area contributed by atoms with Gasteiger partial charge in [0.05, 0.1) is 13.2 Å². The molecule has 0 aromatic heterocycles. The Labute approximate surface area is 130 Å². The highest BCUT2D eigenvalue weighted by Crippen LogP contribution is 2.37. The highest BCUT2D eigenvalue weighted by molar-refractivity contribution is 6.74. The van der Waals surface area contributed by atoms with Crippen molar-refractivity contribution in [2.75, 3.05) is 13.7 Å². The minimum Gasteiger partial charge on any atom is -0.466 e. The molecule has 0 bridgehead atoms. The summed E-state index contributed by atoms with van der Waals surface area (Å²) in [6, 6.07) is 0. The lowest BCUT2D eigenvalue weighted by molar-refractivity contribution is -0.134. The summed E-state index contributed by atoms with van der Waals surface area (Å²) in [5.41, 5.74) is 0. The minimum atomic E-state index is -1.79. The van der Waals surface area contributed by atoms with Crippen LogP contribution in [0.2, 0.25) is 18.1 Å². The fraction of sp³-hybridized carbons (Fsp3) is 0.812. The van der Waals surface area contributed by atoms with Crippen LogP contribution in [0.15, 0.2) is 12.2 Å². The molecule has 0 heterocycles. The predicted octanol–water partition coefficient (Wildman–Crippen LogP) is 3.37. The Kier molecular flexibility index (Phi) is 7.85. The number of esters is 1. The zero-order chi connectivity index (χ0) is 16.8. The van der Waals surface area contributed by atoms with Crippen molar-refractivity contribution in [3.05, 3.63) is 12.2 Å². The molecule has 0 saturated heterocycles. The summed E-state index contributed by atoms with van der Waals surface area (Å²) < 4.78 is 10.7. The van der Waals surface area contributed by atoms with E-state index in [1.165, 1.54) is 13.2 Å². The van der Waals surface area contributed by atoms with Crippen LogP contribution in [-0.4, -0.2) is 39.2 Å². The van der Waals surface area contributed by atoms with Crippen molar-refractivity contribution in [3.63, 3.8) is 0 Å². The second-order valence-electron chi connectivity index (χ2n) is 7.28. The second kappa shape index (κ2) is 8.10. The van der Waals surface area contributed by atoms with Crippen LogP contribution >= 0.6 is 0 Å². The van der Waals surface area contributed by atoms with Gasteiger partial charge in [0.1, 0.15) is 0 Å². The molecule has 21 heavy (non-hydrogen) atoms. The SMILES string of the molecule is COC(=O)/C=C/[C@@H](C)[C@H](O)[C@@H](C)CO[Si](C)(C)C(C)(C)C. The highest BCUT2D eigenvalue weighted by atomic mass is 28.4. The molecular formula is C16H32O4Si. The molecule has 3 atom stereocenters. The van der Waals surface area contributed by atoms with Crippen LogP contribution in [0.25, 0.3) is 0 Å². The molecule has 0 aromatic carbocycles. The smallest absolute Gasteiger partial charge is 0.330 e. The minimum absolute atomic E-state index is 0.0106. The van der Waals surface area contributed by atoms with Crippen LogP contribution in [0.1, 0.15) is 34.6 Å². The summed E-state index contributed by atoms with van der Waals surface area (Å²) in [6.07, 6.45) is 2.49. The molecule has 0 unspecified atom stereocenters. The topological polar surface area (TPSA) is 55.8 Å². The third-order valence-electron chi connectivity index (χ3n) is 4.37. The van der Waals surface area contributed by atoms with Crippen LogP contribution in [0.5, 0.6) is 0 Å². The second-order valence-corrected chi connectivity index (χ2v) is 12.1. The van der Waals surface area contributed by atoms with E-state index in [0.29, 0.717) is 6.61 Å². The van der Waals surface area contributed by atoms with Crippen molar-refractivity contribution in [2.45, 2.75) is 58.9 Å². The van der Waals surface area contributed by atoms with Crippen molar-refractivity contribution >= 4 is 14.3 Å². The van der Waals surface area contributed by atoms with E-state index in [0.717, 1.165) is 0 Å². The molecule has 124 valence electrons. The van der Waals surface area contributed by atoms with Crippen molar-refractivity contribution in [1.82, 2.24) is 0 Å². The maximum Gasteiger partial charge on any atom is 0.330 e. The monoisotopic (exact) mass is 316 g/mol. The number of rotatable bonds is 7. The summed E-state index contributed by atoms with van der Waals surface area (Å²) >= 11 is 0. The zero-order valence-corrected chi connectivity index (χ0v) is 15.8. The first kappa shape index (κ1) is 20.3. The van der Waals surface area contributed by atoms with Crippen LogP contribution in [0.4, 0.5) is 0 Å². The number of aliphatic hydroxyl groups excluding tert-OH is 1. The van der Waals surface area contributed by atoms with E-state index in [9.17, 15) is 9.90 Å². The summed E-state index contributed by atoms with van der Waals surface area (Å²) in [7, 11) is -0.457. The standard InChI is InChI=1S/C16H32O4Si/c1-12(9-10-14(17)19-6)15(18)13(2)11-20-21(7,8)16(3,4)5/h9-10,12-13,15,18H,11H2,1-8H3/b10-9+/t12-,13+,15+/m1/s1. The van der Waals surface area contributed by atoms with Crippen molar-refractivity contribution in [2.24, 2.45) is 11.8 Å². The molecule has 1 N–H and O–H groups in total. The van der Waals surface area contributed by atoms with E-state index in [1.807, 2.05) is 13.8 Å². The van der Waals surface area contributed by atoms with E-state index in [4.69, 9.17) is 4.43 Å². The molecule has 0 aliphatic carbocycles. The zero-order valence-electron chi connectivity index (χ0n) is 14.8. The van der Waals surface area contributed by atoms with Crippen molar-refractivity contribution in [3.8, 4) is 0 Å². The van der Waals surface area contributed by atoms with Gasteiger partial charge in [0.15, 0.2) is 8.32 Å². The van der Waals surface area contributed by atoms with Gasteiger partial charge in [0.2, 0.25) is 0 Å². The normalized spacial score (nSPS) is 17.6. The molecule has 0 rings (SSSR count). The van der Waals surface area contributed by atoms with Gasteiger partial charge in [-0.3, -0.25) is 0 Å². The Hall–Kier alpha value is -0.653. The Morgan fingerprint density at radius 1 is 1.29 bits per heavy atom. The number of methoxy groups -OCH3 is 1. The number of carbonyl (C=O) groups is 1. The third kappa shape index (κ3) is 6.76. The fourth-order valence-corrected chi connectivity index (χ4v) is 2.70. The van der Waals surface area contributed by atoms with E-state index in [-0.39, 0.29) is 16.9 Å². The van der Waals surface area contributed by atoms with E-state index in [1.54, 1.807) is 6.08 Å². The number of carbonyl (C=O) groups excluding carboxylic acids is 1. The molecule has 4 nitrogen and oxygen atoms in total. The first-order valence-corrected chi connectivity index (χ1v) is 10.4. The lowest BCUT2D eigenvalue weighted by atomic mass is 9.94. The predicted molar refractivity (Wildman–Crippen MR) is 88.6 cm³/mol. The van der Waals surface area contributed by atoms with E-state index in [2.05, 4.69) is 38.6 Å². The Balaban J connectivity index is 4.49. The van der Waals surface area contributed by atoms with Crippen LogP contribution in [0, 0.1) is 11.8 Å². The van der Waals surface area contributed by atoms with Crippen LogP contribution in [-0.2, 0) is 14.0 Å². The number of aliphatic hydroxyl groups is 1. The fourth-order valence-electron chi connectivity index (χ4n) is 1.59. The molecule has 0 aliphatic rings. The highest BCUT2D eigenvalue weighted by Gasteiger charge is 2.37. The van der Waals surface area contributed by atoms with Gasteiger partial charge >= 0.3 is 5.97 Å². The van der Waals surface area contributed by atoms with Gasteiger partial charge in [-0.1, -0.05) is 40.7 Å². The van der Waals surface area contributed by atoms with Gasteiger partial charge in [-0.15, -0.1) is 0 Å². The van der Waals surface area contributed by atoms with E-state index >= 15 is 0 Å². The maximum atomic E-state index is 11.1. The van der Waals surface area contributed by atoms with E-state index < -0.39 is 20.4 Å². The molecule has 0 spiro atoms. The maximum absolute atomic E-state index is 11.1. The lowest BCUT2D eigenvalue weighted by Crippen LogP contribution is -2.43. The van der Waals surface area contributed by atoms with Gasteiger partial charge in [0, 0.05) is 24.5 Å². The van der Waals surface area contributed by atoms with Crippen LogP contribution in [0.3, 0.4) is 0 Å². The molecule has 0 radical (unpaired) electrons. The van der Waals surface area contributed by atoms with Gasteiger partial charge in [0.25, 0.3) is 0 Å². The van der Waals surface area contributed by atoms with Gasteiger partial charge in [-0.05, 0) is 18.1 Å². The van der Waals surface area contributed by atoms with Crippen LogP contribution < -0.4 is 0 Å². The largest absolute Gasteiger partial charge is 0.466 e. The molecule has 5 heteroatoms. The summed E-state index contributed by atoms with van der Waals surface area (Å²) in [6.45, 7) is 15.4. The molecule has 0 fully saturated rings.